The number of carboxylic acid groups (broad SMARTS) is 1. The zero-order chi connectivity index (χ0) is 25.3. The van der Waals surface area contributed by atoms with Gasteiger partial charge >= 0.3 is 11.9 Å². The van der Waals surface area contributed by atoms with Crippen LogP contribution in [0.2, 0.25) is 5.04 Å². The largest absolute Gasteiger partial charge is 0.481 e. The topological polar surface area (TPSA) is 72.8 Å². The van der Waals surface area contributed by atoms with Crippen LogP contribution in [0.15, 0.2) is 84.9 Å². The highest BCUT2D eigenvalue weighted by molar-refractivity contribution is 6.99. The molecule has 0 unspecified atom stereocenters. The number of unbranched alkanes of at least 4 members (excludes halogenated alkanes) is 1. The number of rotatable bonds is 11. The fourth-order valence-corrected chi connectivity index (χ4v) is 8.87. The molecule has 0 aliphatic heterocycles. The van der Waals surface area contributed by atoms with Crippen LogP contribution in [0.4, 0.5) is 0 Å². The smallest absolute Gasteiger partial charge is 0.311 e. The van der Waals surface area contributed by atoms with Crippen molar-refractivity contribution in [1.29, 1.82) is 0 Å². The van der Waals surface area contributed by atoms with Gasteiger partial charge in [0.25, 0.3) is 8.32 Å². The van der Waals surface area contributed by atoms with Gasteiger partial charge in [-0.25, -0.2) is 0 Å². The quantitative estimate of drug-likeness (QED) is 0.171. The normalized spacial score (nSPS) is 11.7. The molecule has 0 fully saturated rings. The first kappa shape index (κ1) is 26.4. The first-order valence-electron chi connectivity index (χ1n) is 12.0. The summed E-state index contributed by atoms with van der Waals surface area (Å²) in [4.78, 5) is 22.6. The highest BCUT2D eigenvalue weighted by atomic mass is 28.4. The minimum Gasteiger partial charge on any atom is -0.481 e. The van der Waals surface area contributed by atoms with E-state index in [1.807, 2.05) is 24.3 Å². The number of benzene rings is 3. The van der Waals surface area contributed by atoms with Crippen molar-refractivity contribution in [3.63, 3.8) is 0 Å². The summed E-state index contributed by atoms with van der Waals surface area (Å²) >= 11 is 0. The molecular weight excluding hydrogens is 456 g/mol. The molecule has 0 aromatic heterocycles. The molecule has 5 nitrogen and oxygen atoms in total. The average molecular weight is 491 g/mol. The first-order valence-corrected chi connectivity index (χ1v) is 13.9. The maximum Gasteiger partial charge on any atom is 0.311 e. The lowest BCUT2D eigenvalue weighted by atomic mass is 10.2. The molecule has 0 radical (unpaired) electrons. The van der Waals surface area contributed by atoms with Gasteiger partial charge in [0.15, 0.2) is 0 Å². The number of hydrogen-bond donors (Lipinski definition) is 1. The van der Waals surface area contributed by atoms with Gasteiger partial charge in [-0.3, -0.25) is 9.59 Å². The molecule has 0 spiro atoms. The van der Waals surface area contributed by atoms with Crippen LogP contribution in [0.5, 0.6) is 5.75 Å². The van der Waals surface area contributed by atoms with Crippen LogP contribution in [0.25, 0.3) is 0 Å². The maximum absolute atomic E-state index is 12.0. The molecule has 184 valence electrons. The van der Waals surface area contributed by atoms with Gasteiger partial charge < -0.3 is 14.3 Å². The molecule has 3 aromatic rings. The highest BCUT2D eigenvalue weighted by Gasteiger charge is 2.50. The molecule has 6 heteroatoms. The molecule has 1 N–H and O–H groups in total. The standard InChI is InChI=1S/C29H34O5Si/c1-29(2,3)35(25-12-6-4-7-13-25,26-14-8-5-9-15-26)33-22-23-18-20-24(21-19-23)34-28(32)17-11-10-16-27(30)31/h4-9,12-15,18-21H,10-11,16-17,22H2,1-3H3,(H,30,31). The van der Waals surface area contributed by atoms with E-state index in [2.05, 4.69) is 69.3 Å². The van der Waals surface area contributed by atoms with Crippen LogP contribution in [-0.4, -0.2) is 25.4 Å². The van der Waals surface area contributed by atoms with E-state index >= 15 is 0 Å². The van der Waals surface area contributed by atoms with E-state index in [1.54, 1.807) is 12.1 Å². The number of hydrogen-bond acceptors (Lipinski definition) is 4. The van der Waals surface area contributed by atoms with Gasteiger partial charge in [-0.15, -0.1) is 0 Å². The lowest BCUT2D eigenvalue weighted by Crippen LogP contribution is -2.66. The van der Waals surface area contributed by atoms with Gasteiger partial charge in [0.05, 0.1) is 6.61 Å². The van der Waals surface area contributed by atoms with Crippen LogP contribution in [0.1, 0.15) is 52.0 Å². The Morgan fingerprint density at radius 1 is 0.771 bits per heavy atom. The Morgan fingerprint density at radius 2 is 1.29 bits per heavy atom. The number of carbonyl (C=O) groups excluding carboxylic acids is 1. The third-order valence-electron chi connectivity index (χ3n) is 6.05. The van der Waals surface area contributed by atoms with Crippen molar-refractivity contribution in [3.05, 3.63) is 90.5 Å². The summed E-state index contributed by atoms with van der Waals surface area (Å²) in [6, 6.07) is 28.4. The number of ether oxygens (including phenoxy) is 1. The van der Waals surface area contributed by atoms with Crippen LogP contribution < -0.4 is 15.1 Å². The van der Waals surface area contributed by atoms with Crippen molar-refractivity contribution in [2.45, 2.75) is 58.1 Å². The van der Waals surface area contributed by atoms with Crippen LogP contribution in [-0.2, 0) is 20.6 Å². The lowest BCUT2D eigenvalue weighted by molar-refractivity contribution is -0.138. The van der Waals surface area contributed by atoms with Gasteiger partial charge in [-0.2, -0.15) is 0 Å². The number of carboxylic acids is 1. The van der Waals surface area contributed by atoms with Gasteiger partial charge in [-0.1, -0.05) is 93.6 Å². The molecule has 0 saturated heterocycles. The molecule has 0 heterocycles. The molecule has 35 heavy (non-hydrogen) atoms. The van der Waals surface area contributed by atoms with Crippen molar-refractivity contribution in [2.75, 3.05) is 0 Å². The molecule has 0 amide bonds. The summed E-state index contributed by atoms with van der Waals surface area (Å²) in [5, 5.41) is 11.0. The first-order chi connectivity index (χ1) is 16.7. The average Bonchev–Trinajstić information content (AvgIpc) is 2.84. The van der Waals surface area contributed by atoms with Gasteiger partial charge in [0.2, 0.25) is 0 Å². The molecule has 0 atom stereocenters. The van der Waals surface area contributed by atoms with Crippen LogP contribution >= 0.6 is 0 Å². The monoisotopic (exact) mass is 490 g/mol. The van der Waals surface area contributed by atoms with E-state index in [1.165, 1.54) is 10.4 Å². The summed E-state index contributed by atoms with van der Waals surface area (Å²) in [7, 11) is -2.63. The molecule has 0 aliphatic rings. The minimum absolute atomic E-state index is 0.0628. The molecule has 0 bridgehead atoms. The molecule has 3 rings (SSSR count). The van der Waals surface area contributed by atoms with E-state index in [0.717, 1.165) is 5.56 Å². The number of esters is 1. The summed E-state index contributed by atoms with van der Waals surface area (Å²) in [5.74, 6) is -0.733. The fraction of sp³-hybridized carbons (Fsp3) is 0.310. The second-order valence-corrected chi connectivity index (χ2v) is 14.0. The summed E-state index contributed by atoms with van der Waals surface area (Å²) in [6.45, 7) is 7.19. The Kier molecular flexibility index (Phi) is 9.01. The van der Waals surface area contributed by atoms with Crippen LogP contribution in [0, 0.1) is 0 Å². The summed E-state index contributed by atoms with van der Waals surface area (Å²) in [5.41, 5.74) is 0.999. The highest BCUT2D eigenvalue weighted by Crippen LogP contribution is 2.37. The SMILES string of the molecule is CC(C)(C)[Si](OCc1ccc(OC(=O)CCCCC(=O)O)cc1)(c1ccccc1)c1ccccc1. The van der Waals surface area contributed by atoms with Crippen molar-refractivity contribution >= 4 is 30.6 Å². The lowest BCUT2D eigenvalue weighted by Gasteiger charge is -2.43. The second-order valence-electron chi connectivity index (χ2n) is 9.67. The van der Waals surface area contributed by atoms with Crippen molar-refractivity contribution < 1.29 is 23.9 Å². The van der Waals surface area contributed by atoms with E-state index in [-0.39, 0.29) is 23.8 Å². The second kappa shape index (κ2) is 12.0. The third-order valence-corrected chi connectivity index (χ3v) is 11.0. The van der Waals surface area contributed by atoms with Crippen molar-refractivity contribution in [3.8, 4) is 5.75 Å². The Labute approximate surface area is 208 Å². The summed E-state index contributed by atoms with van der Waals surface area (Å²) < 4.78 is 12.3. The predicted molar refractivity (Wildman–Crippen MR) is 141 cm³/mol. The minimum atomic E-state index is -2.63. The Balaban J connectivity index is 1.74. The summed E-state index contributed by atoms with van der Waals surface area (Å²) in [6.07, 6.45) is 1.22. The Bertz CT molecular complexity index is 1050. The van der Waals surface area contributed by atoms with Crippen molar-refractivity contribution in [1.82, 2.24) is 0 Å². The van der Waals surface area contributed by atoms with Gasteiger partial charge in [0, 0.05) is 12.8 Å². The van der Waals surface area contributed by atoms with Crippen LogP contribution in [0.3, 0.4) is 0 Å². The fourth-order valence-electron chi connectivity index (χ4n) is 4.33. The third kappa shape index (κ3) is 6.90. The zero-order valence-electron chi connectivity index (χ0n) is 20.7. The molecular formula is C29H34O5Si. The van der Waals surface area contributed by atoms with Gasteiger partial charge in [-0.05, 0) is 45.9 Å². The Hall–Kier alpha value is -3.22. The Morgan fingerprint density at radius 3 is 1.77 bits per heavy atom. The van der Waals surface area contributed by atoms with E-state index in [4.69, 9.17) is 14.3 Å². The molecule has 3 aromatic carbocycles. The van der Waals surface area contributed by atoms with E-state index < -0.39 is 14.3 Å². The maximum atomic E-state index is 12.0. The van der Waals surface area contributed by atoms with Gasteiger partial charge in [0.1, 0.15) is 5.75 Å². The zero-order valence-corrected chi connectivity index (χ0v) is 21.7. The van der Waals surface area contributed by atoms with Crippen molar-refractivity contribution in [2.24, 2.45) is 0 Å². The predicted octanol–water partition coefficient (Wildman–Crippen LogP) is 5.31. The number of aliphatic carboxylic acids is 1. The molecule has 0 saturated carbocycles. The van der Waals surface area contributed by atoms with E-state index in [9.17, 15) is 9.59 Å². The van der Waals surface area contributed by atoms with E-state index in [0.29, 0.717) is 25.2 Å². The number of carbonyl (C=O) groups is 2. The molecule has 0 aliphatic carbocycles.